The van der Waals surface area contributed by atoms with Gasteiger partial charge >= 0.3 is 0 Å². The first-order valence-electron chi connectivity index (χ1n) is 6.03. The van der Waals surface area contributed by atoms with E-state index in [9.17, 15) is 0 Å². The molecule has 0 atom stereocenters. The van der Waals surface area contributed by atoms with Crippen LogP contribution in [0.3, 0.4) is 0 Å². The van der Waals surface area contributed by atoms with Crippen molar-refractivity contribution >= 4 is 43.4 Å². The molecule has 2 aromatic rings. The second kappa shape index (κ2) is 6.01. The molecule has 0 unspecified atom stereocenters. The first-order chi connectivity index (χ1) is 8.95. The maximum atomic E-state index is 4.52. The van der Waals surface area contributed by atoms with Crippen molar-refractivity contribution in [1.82, 2.24) is 9.97 Å². The lowest BCUT2D eigenvalue weighted by molar-refractivity contribution is 0.771. The highest BCUT2D eigenvalue weighted by Crippen LogP contribution is 2.24. The summed E-state index contributed by atoms with van der Waals surface area (Å²) in [5.41, 5.74) is 2.20. The highest BCUT2D eigenvalue weighted by Gasteiger charge is 2.07. The normalized spacial score (nSPS) is 10.8. The van der Waals surface area contributed by atoms with Crippen LogP contribution in [-0.2, 0) is 0 Å². The Labute approximate surface area is 130 Å². The van der Waals surface area contributed by atoms with Gasteiger partial charge in [-0.2, -0.15) is 0 Å². The van der Waals surface area contributed by atoms with Gasteiger partial charge in [-0.15, -0.1) is 0 Å². The molecular formula is C14H15Br2N3. The molecule has 0 radical (unpaired) electrons. The van der Waals surface area contributed by atoms with Crippen LogP contribution in [0.2, 0.25) is 0 Å². The lowest BCUT2D eigenvalue weighted by atomic mass is 10.2. The van der Waals surface area contributed by atoms with Crippen LogP contribution in [0.4, 0.5) is 11.5 Å². The molecule has 0 fully saturated rings. The molecule has 0 aliphatic carbocycles. The molecule has 2 rings (SSSR count). The molecule has 1 N–H and O–H groups in total. The van der Waals surface area contributed by atoms with Crippen molar-refractivity contribution in [3.8, 4) is 0 Å². The monoisotopic (exact) mass is 383 g/mol. The summed E-state index contributed by atoms with van der Waals surface area (Å²) in [7, 11) is 0. The van der Waals surface area contributed by atoms with Crippen LogP contribution in [0.25, 0.3) is 0 Å². The fourth-order valence-corrected chi connectivity index (χ4v) is 2.27. The standard InChI is InChI=1S/C14H15Br2N3/c1-8(2)14-18-12(16)7-13(19-14)17-10-4-5-11(15)9(3)6-10/h4-8H,1-3H3,(H,17,18,19). The molecule has 0 bridgehead atoms. The Balaban J connectivity index is 2.29. The second-order valence-electron chi connectivity index (χ2n) is 4.68. The molecule has 100 valence electrons. The third kappa shape index (κ3) is 3.76. The van der Waals surface area contributed by atoms with Crippen molar-refractivity contribution in [2.75, 3.05) is 5.32 Å². The SMILES string of the molecule is Cc1cc(Nc2cc(Br)nc(C(C)C)n2)ccc1Br. The fraction of sp³-hybridized carbons (Fsp3) is 0.286. The van der Waals surface area contributed by atoms with E-state index < -0.39 is 0 Å². The number of benzene rings is 1. The molecule has 1 heterocycles. The third-order valence-corrected chi connectivity index (χ3v) is 3.95. The van der Waals surface area contributed by atoms with Crippen molar-refractivity contribution in [2.45, 2.75) is 26.7 Å². The number of aromatic nitrogens is 2. The quantitative estimate of drug-likeness (QED) is 0.741. The van der Waals surface area contributed by atoms with Crippen LogP contribution in [0.5, 0.6) is 0 Å². The summed E-state index contributed by atoms with van der Waals surface area (Å²) in [6.45, 7) is 6.22. The van der Waals surface area contributed by atoms with Gasteiger partial charge in [0.15, 0.2) is 0 Å². The Kier molecular flexibility index (Phi) is 4.58. The molecule has 0 amide bonds. The average molecular weight is 385 g/mol. The van der Waals surface area contributed by atoms with E-state index in [4.69, 9.17) is 0 Å². The van der Waals surface area contributed by atoms with E-state index in [-0.39, 0.29) is 0 Å². The number of rotatable bonds is 3. The Hall–Kier alpha value is -0.940. The summed E-state index contributed by atoms with van der Waals surface area (Å²) >= 11 is 6.92. The van der Waals surface area contributed by atoms with Crippen molar-refractivity contribution < 1.29 is 0 Å². The van der Waals surface area contributed by atoms with Gasteiger partial charge in [-0.1, -0.05) is 29.8 Å². The number of halogens is 2. The Morgan fingerprint density at radius 3 is 2.47 bits per heavy atom. The Morgan fingerprint density at radius 2 is 1.84 bits per heavy atom. The molecule has 0 saturated heterocycles. The summed E-state index contributed by atoms with van der Waals surface area (Å²) in [5, 5.41) is 3.31. The molecule has 0 saturated carbocycles. The number of aryl methyl sites for hydroxylation is 1. The van der Waals surface area contributed by atoms with E-state index in [2.05, 4.69) is 74.0 Å². The zero-order valence-electron chi connectivity index (χ0n) is 11.0. The lowest BCUT2D eigenvalue weighted by Crippen LogP contribution is -2.02. The van der Waals surface area contributed by atoms with Crippen LogP contribution in [-0.4, -0.2) is 9.97 Å². The number of nitrogens with one attached hydrogen (secondary N) is 1. The number of hydrogen-bond donors (Lipinski definition) is 1. The van der Waals surface area contributed by atoms with E-state index in [1.165, 1.54) is 5.56 Å². The van der Waals surface area contributed by atoms with Crippen LogP contribution in [0.15, 0.2) is 33.3 Å². The largest absolute Gasteiger partial charge is 0.340 e. The Bertz CT molecular complexity index is 597. The topological polar surface area (TPSA) is 37.8 Å². The molecular weight excluding hydrogens is 370 g/mol. The minimum Gasteiger partial charge on any atom is -0.340 e. The van der Waals surface area contributed by atoms with Crippen molar-refractivity contribution in [3.05, 3.63) is 44.7 Å². The van der Waals surface area contributed by atoms with Crippen molar-refractivity contribution in [1.29, 1.82) is 0 Å². The minimum absolute atomic E-state index is 0.296. The highest BCUT2D eigenvalue weighted by atomic mass is 79.9. The average Bonchev–Trinajstić information content (AvgIpc) is 2.33. The van der Waals surface area contributed by atoms with Gasteiger partial charge in [0.05, 0.1) is 0 Å². The molecule has 5 heteroatoms. The van der Waals surface area contributed by atoms with Gasteiger partial charge in [0.25, 0.3) is 0 Å². The molecule has 3 nitrogen and oxygen atoms in total. The van der Waals surface area contributed by atoms with Crippen LogP contribution < -0.4 is 5.32 Å². The first-order valence-corrected chi connectivity index (χ1v) is 7.62. The predicted molar refractivity (Wildman–Crippen MR) is 86.0 cm³/mol. The fourth-order valence-electron chi connectivity index (χ4n) is 1.63. The number of anilines is 2. The molecule has 1 aromatic carbocycles. The van der Waals surface area contributed by atoms with Gasteiger partial charge in [0.2, 0.25) is 0 Å². The summed E-state index contributed by atoms with van der Waals surface area (Å²) in [6.07, 6.45) is 0. The lowest BCUT2D eigenvalue weighted by Gasteiger charge is -2.10. The molecule has 19 heavy (non-hydrogen) atoms. The van der Waals surface area contributed by atoms with Gasteiger partial charge in [-0.3, -0.25) is 0 Å². The summed E-state index contributed by atoms with van der Waals surface area (Å²) in [4.78, 5) is 8.88. The first kappa shape index (κ1) is 14.5. The van der Waals surface area contributed by atoms with E-state index >= 15 is 0 Å². The van der Waals surface area contributed by atoms with E-state index in [1.54, 1.807) is 0 Å². The minimum atomic E-state index is 0.296. The zero-order valence-corrected chi connectivity index (χ0v) is 14.2. The van der Waals surface area contributed by atoms with Gasteiger partial charge < -0.3 is 5.32 Å². The molecule has 0 spiro atoms. The van der Waals surface area contributed by atoms with E-state index in [1.807, 2.05) is 18.2 Å². The Morgan fingerprint density at radius 1 is 1.11 bits per heavy atom. The van der Waals surface area contributed by atoms with Crippen LogP contribution in [0.1, 0.15) is 31.2 Å². The predicted octanol–water partition coefficient (Wildman–Crippen LogP) is 5.18. The van der Waals surface area contributed by atoms with Gasteiger partial charge in [0, 0.05) is 22.1 Å². The molecule has 0 aliphatic heterocycles. The van der Waals surface area contributed by atoms with Crippen molar-refractivity contribution in [3.63, 3.8) is 0 Å². The zero-order chi connectivity index (χ0) is 14.0. The second-order valence-corrected chi connectivity index (χ2v) is 6.34. The maximum Gasteiger partial charge on any atom is 0.135 e. The maximum absolute atomic E-state index is 4.52. The van der Waals surface area contributed by atoms with Crippen LogP contribution in [0, 0.1) is 6.92 Å². The smallest absolute Gasteiger partial charge is 0.135 e. The molecule has 0 aliphatic rings. The highest BCUT2D eigenvalue weighted by molar-refractivity contribution is 9.10. The van der Waals surface area contributed by atoms with Crippen molar-refractivity contribution in [2.24, 2.45) is 0 Å². The van der Waals surface area contributed by atoms with Gasteiger partial charge in [0.1, 0.15) is 16.2 Å². The van der Waals surface area contributed by atoms with E-state index in [0.717, 1.165) is 26.4 Å². The summed E-state index contributed by atoms with van der Waals surface area (Å²) < 4.78 is 1.90. The third-order valence-electron chi connectivity index (χ3n) is 2.66. The van der Waals surface area contributed by atoms with Gasteiger partial charge in [-0.25, -0.2) is 9.97 Å². The number of nitrogens with zero attached hydrogens (tertiary/aromatic N) is 2. The summed E-state index contributed by atoms with van der Waals surface area (Å²) in [5.74, 6) is 1.92. The van der Waals surface area contributed by atoms with Gasteiger partial charge in [-0.05, 0) is 46.6 Å². The van der Waals surface area contributed by atoms with E-state index in [0.29, 0.717) is 5.92 Å². The number of hydrogen-bond acceptors (Lipinski definition) is 3. The van der Waals surface area contributed by atoms with Crippen LogP contribution >= 0.6 is 31.9 Å². The summed E-state index contributed by atoms with van der Waals surface area (Å²) in [6, 6.07) is 8.00. The molecule has 1 aromatic heterocycles.